The standard InChI is InChI=1S/C11H7FN2O3/c12-11-10(2-1-7-13-11)17-9-5-3-8(4-6-9)14(15)16/h1-7H. The molecule has 0 amide bonds. The Bertz CT molecular complexity index is 543. The first-order chi connectivity index (χ1) is 8.16. The number of hydrogen-bond acceptors (Lipinski definition) is 4. The predicted molar refractivity (Wildman–Crippen MR) is 57.4 cm³/mol. The minimum Gasteiger partial charge on any atom is -0.453 e. The Hall–Kier alpha value is -2.50. The van der Waals surface area contributed by atoms with Crippen molar-refractivity contribution < 1.29 is 14.1 Å². The van der Waals surface area contributed by atoms with Crippen molar-refractivity contribution in [3.8, 4) is 11.5 Å². The number of aromatic nitrogens is 1. The first kappa shape index (κ1) is 11.0. The average molecular weight is 234 g/mol. The summed E-state index contributed by atoms with van der Waals surface area (Å²) in [5.74, 6) is -0.449. The molecule has 2 aromatic rings. The lowest BCUT2D eigenvalue weighted by molar-refractivity contribution is -0.384. The van der Waals surface area contributed by atoms with Gasteiger partial charge in [0, 0.05) is 18.3 Å². The van der Waals surface area contributed by atoms with Crippen LogP contribution in [0.5, 0.6) is 11.5 Å². The van der Waals surface area contributed by atoms with Crippen LogP contribution in [0.15, 0.2) is 42.6 Å². The Kier molecular flexibility index (Phi) is 2.95. The van der Waals surface area contributed by atoms with Gasteiger partial charge in [-0.15, -0.1) is 0 Å². The van der Waals surface area contributed by atoms with Crippen LogP contribution >= 0.6 is 0 Å². The number of nitrogens with zero attached hydrogens (tertiary/aromatic N) is 2. The van der Waals surface area contributed by atoms with Crippen LogP contribution in [-0.2, 0) is 0 Å². The van der Waals surface area contributed by atoms with Gasteiger partial charge in [-0.1, -0.05) is 0 Å². The van der Waals surface area contributed by atoms with Gasteiger partial charge in [-0.25, -0.2) is 4.98 Å². The molecule has 0 fully saturated rings. The van der Waals surface area contributed by atoms with Crippen LogP contribution in [0, 0.1) is 16.1 Å². The fraction of sp³-hybridized carbons (Fsp3) is 0. The van der Waals surface area contributed by atoms with E-state index in [0.29, 0.717) is 5.75 Å². The summed E-state index contributed by atoms with van der Waals surface area (Å²) < 4.78 is 18.3. The van der Waals surface area contributed by atoms with E-state index in [2.05, 4.69) is 4.98 Å². The smallest absolute Gasteiger partial charge is 0.269 e. The molecule has 86 valence electrons. The quantitative estimate of drug-likeness (QED) is 0.465. The summed E-state index contributed by atoms with van der Waals surface area (Å²) in [5.41, 5.74) is -0.0518. The van der Waals surface area contributed by atoms with Gasteiger partial charge in [0.1, 0.15) is 5.75 Å². The second-order valence-electron chi connectivity index (χ2n) is 3.15. The maximum Gasteiger partial charge on any atom is 0.269 e. The maximum absolute atomic E-state index is 13.1. The van der Waals surface area contributed by atoms with Crippen molar-refractivity contribution in [3.63, 3.8) is 0 Å². The zero-order valence-corrected chi connectivity index (χ0v) is 8.54. The molecule has 17 heavy (non-hydrogen) atoms. The van der Waals surface area contributed by atoms with Gasteiger partial charge in [0.05, 0.1) is 4.92 Å². The minimum absolute atomic E-state index is 0.0265. The highest BCUT2D eigenvalue weighted by atomic mass is 19.1. The lowest BCUT2D eigenvalue weighted by Gasteiger charge is -2.04. The van der Waals surface area contributed by atoms with Gasteiger partial charge in [-0.05, 0) is 24.3 Å². The summed E-state index contributed by atoms with van der Waals surface area (Å²) in [6, 6.07) is 8.30. The van der Waals surface area contributed by atoms with E-state index in [1.54, 1.807) is 0 Å². The van der Waals surface area contributed by atoms with Crippen LogP contribution in [0.2, 0.25) is 0 Å². The molecule has 0 saturated heterocycles. The molecule has 2 rings (SSSR count). The topological polar surface area (TPSA) is 65.3 Å². The Morgan fingerprint density at radius 3 is 2.53 bits per heavy atom. The minimum atomic E-state index is -0.731. The lowest BCUT2D eigenvalue weighted by Crippen LogP contribution is -1.91. The van der Waals surface area contributed by atoms with Crippen molar-refractivity contribution in [1.82, 2.24) is 4.98 Å². The second kappa shape index (κ2) is 4.56. The van der Waals surface area contributed by atoms with Crippen molar-refractivity contribution in [2.45, 2.75) is 0 Å². The van der Waals surface area contributed by atoms with Crippen molar-refractivity contribution in [2.24, 2.45) is 0 Å². The number of halogens is 1. The normalized spacial score (nSPS) is 9.94. The van der Waals surface area contributed by atoms with E-state index < -0.39 is 10.9 Å². The molecule has 1 heterocycles. The molecule has 0 aliphatic heterocycles. The zero-order valence-electron chi connectivity index (χ0n) is 8.54. The molecule has 0 unspecified atom stereocenters. The molecule has 0 radical (unpaired) electrons. The Balaban J connectivity index is 2.20. The highest BCUT2D eigenvalue weighted by Crippen LogP contribution is 2.24. The highest BCUT2D eigenvalue weighted by Gasteiger charge is 2.07. The first-order valence-electron chi connectivity index (χ1n) is 4.69. The summed E-state index contributed by atoms with van der Waals surface area (Å²) in [4.78, 5) is 13.3. The number of nitro benzene ring substituents is 1. The summed E-state index contributed by atoms with van der Waals surface area (Å²) in [6.45, 7) is 0. The highest BCUT2D eigenvalue weighted by molar-refractivity contribution is 5.38. The molecule has 0 aliphatic rings. The van der Waals surface area contributed by atoms with E-state index in [9.17, 15) is 14.5 Å². The monoisotopic (exact) mass is 234 g/mol. The van der Waals surface area contributed by atoms with Crippen LogP contribution in [-0.4, -0.2) is 9.91 Å². The molecule has 0 N–H and O–H groups in total. The van der Waals surface area contributed by atoms with Gasteiger partial charge in [-0.3, -0.25) is 10.1 Å². The zero-order chi connectivity index (χ0) is 12.3. The molecular weight excluding hydrogens is 227 g/mol. The Morgan fingerprint density at radius 1 is 1.24 bits per heavy atom. The molecule has 0 saturated carbocycles. The number of pyridine rings is 1. The van der Waals surface area contributed by atoms with Crippen LogP contribution in [0.25, 0.3) is 0 Å². The molecule has 6 heteroatoms. The SMILES string of the molecule is O=[N+]([O-])c1ccc(Oc2cccnc2F)cc1. The van der Waals surface area contributed by atoms with Crippen molar-refractivity contribution in [3.05, 3.63) is 58.7 Å². The largest absolute Gasteiger partial charge is 0.453 e. The molecule has 0 bridgehead atoms. The third kappa shape index (κ3) is 2.54. The summed E-state index contributed by atoms with van der Waals surface area (Å²) in [7, 11) is 0. The molecule has 0 aliphatic carbocycles. The van der Waals surface area contributed by atoms with Crippen molar-refractivity contribution in [1.29, 1.82) is 0 Å². The Morgan fingerprint density at radius 2 is 1.94 bits per heavy atom. The Labute approximate surface area is 95.6 Å². The van der Waals surface area contributed by atoms with Crippen LogP contribution in [0.4, 0.5) is 10.1 Å². The van der Waals surface area contributed by atoms with E-state index in [4.69, 9.17) is 4.74 Å². The van der Waals surface area contributed by atoms with E-state index in [1.807, 2.05) is 0 Å². The van der Waals surface area contributed by atoms with Crippen LogP contribution in [0.3, 0.4) is 0 Å². The number of ether oxygens (including phenoxy) is 1. The van der Waals surface area contributed by atoms with Crippen molar-refractivity contribution in [2.75, 3.05) is 0 Å². The van der Waals surface area contributed by atoms with Gasteiger partial charge in [0.25, 0.3) is 11.6 Å². The molecule has 1 aromatic heterocycles. The third-order valence-corrected chi connectivity index (χ3v) is 2.00. The predicted octanol–water partition coefficient (Wildman–Crippen LogP) is 2.92. The molecule has 5 nitrogen and oxygen atoms in total. The van der Waals surface area contributed by atoms with Gasteiger partial charge in [0.2, 0.25) is 0 Å². The van der Waals surface area contributed by atoms with E-state index >= 15 is 0 Å². The number of rotatable bonds is 3. The number of nitro groups is 1. The van der Waals surface area contributed by atoms with Gasteiger partial charge < -0.3 is 4.74 Å². The number of benzene rings is 1. The fourth-order valence-corrected chi connectivity index (χ4v) is 1.21. The van der Waals surface area contributed by atoms with E-state index in [0.717, 1.165) is 0 Å². The van der Waals surface area contributed by atoms with E-state index in [1.165, 1.54) is 42.6 Å². The second-order valence-corrected chi connectivity index (χ2v) is 3.15. The summed E-state index contributed by atoms with van der Waals surface area (Å²) in [5, 5.41) is 10.4. The molecule has 1 aromatic carbocycles. The number of non-ortho nitro benzene ring substituents is 1. The summed E-state index contributed by atoms with van der Waals surface area (Å²) >= 11 is 0. The van der Waals surface area contributed by atoms with Gasteiger partial charge in [0.15, 0.2) is 5.75 Å². The van der Waals surface area contributed by atoms with Crippen molar-refractivity contribution >= 4 is 5.69 Å². The average Bonchev–Trinajstić information content (AvgIpc) is 2.33. The number of hydrogen-bond donors (Lipinski definition) is 0. The van der Waals surface area contributed by atoms with E-state index in [-0.39, 0.29) is 11.4 Å². The maximum atomic E-state index is 13.1. The van der Waals surface area contributed by atoms with Gasteiger partial charge in [-0.2, -0.15) is 4.39 Å². The fourth-order valence-electron chi connectivity index (χ4n) is 1.21. The molecular formula is C11H7FN2O3. The van der Waals surface area contributed by atoms with Crippen LogP contribution in [0.1, 0.15) is 0 Å². The molecule has 0 spiro atoms. The summed E-state index contributed by atoms with van der Waals surface area (Å²) in [6.07, 6.45) is 1.30. The molecule has 0 atom stereocenters. The van der Waals surface area contributed by atoms with Crippen LogP contribution < -0.4 is 4.74 Å². The first-order valence-corrected chi connectivity index (χ1v) is 4.69. The van der Waals surface area contributed by atoms with Gasteiger partial charge >= 0.3 is 0 Å². The third-order valence-electron chi connectivity index (χ3n) is 2.00. The lowest BCUT2D eigenvalue weighted by atomic mass is 10.3.